The SMILES string of the molecule is Cc1ccc(CNC(=O)[C@]2(C)Cn3nc(-c4cccs4)cc3C(=O)N2Cc2ccccc2C)cc1. The van der Waals surface area contributed by atoms with Crippen molar-refractivity contribution in [3.05, 3.63) is 100 Å². The monoisotopic (exact) mass is 484 g/mol. The number of nitrogens with one attached hydrogen (secondary N) is 1. The summed E-state index contributed by atoms with van der Waals surface area (Å²) < 4.78 is 1.69. The van der Waals surface area contributed by atoms with E-state index >= 15 is 0 Å². The summed E-state index contributed by atoms with van der Waals surface area (Å²) in [6, 6.07) is 21.8. The number of aromatic nitrogens is 2. The summed E-state index contributed by atoms with van der Waals surface area (Å²) in [5.74, 6) is -0.387. The molecule has 1 aliphatic rings. The first-order valence-electron chi connectivity index (χ1n) is 11.7. The van der Waals surface area contributed by atoms with Gasteiger partial charge in [0, 0.05) is 13.1 Å². The molecular weight excluding hydrogens is 456 g/mol. The van der Waals surface area contributed by atoms with Crippen LogP contribution in [0.3, 0.4) is 0 Å². The zero-order chi connectivity index (χ0) is 24.6. The third kappa shape index (κ3) is 4.39. The van der Waals surface area contributed by atoms with Crippen LogP contribution in [0.4, 0.5) is 0 Å². The van der Waals surface area contributed by atoms with Crippen LogP contribution >= 0.6 is 11.3 Å². The summed E-state index contributed by atoms with van der Waals surface area (Å²) in [6.45, 7) is 6.92. The van der Waals surface area contributed by atoms with Crippen LogP contribution in [0.25, 0.3) is 10.6 Å². The van der Waals surface area contributed by atoms with Crippen molar-refractivity contribution in [2.24, 2.45) is 0 Å². The lowest BCUT2D eigenvalue weighted by molar-refractivity contribution is -0.133. The van der Waals surface area contributed by atoms with E-state index in [9.17, 15) is 9.59 Å². The Morgan fingerprint density at radius 2 is 1.86 bits per heavy atom. The summed E-state index contributed by atoms with van der Waals surface area (Å²) >= 11 is 1.58. The number of fused-ring (bicyclic) bond motifs is 1. The quantitative estimate of drug-likeness (QED) is 0.421. The number of hydrogen-bond donors (Lipinski definition) is 1. The van der Waals surface area contributed by atoms with Crippen LogP contribution in [0.1, 0.15) is 39.7 Å². The van der Waals surface area contributed by atoms with E-state index in [1.807, 2.05) is 92.9 Å². The third-order valence-corrected chi connectivity index (χ3v) is 7.62. The lowest BCUT2D eigenvalue weighted by Gasteiger charge is -2.43. The lowest BCUT2D eigenvalue weighted by Crippen LogP contribution is -2.63. The molecule has 2 aromatic carbocycles. The number of carbonyl (C=O) groups excluding carboxylic acids is 2. The molecule has 6 nitrogen and oxygen atoms in total. The van der Waals surface area contributed by atoms with Crippen molar-refractivity contribution in [2.75, 3.05) is 0 Å². The fourth-order valence-electron chi connectivity index (χ4n) is 4.47. The van der Waals surface area contributed by atoms with Crippen molar-refractivity contribution in [3.63, 3.8) is 0 Å². The van der Waals surface area contributed by atoms with Crippen LogP contribution in [-0.2, 0) is 24.4 Å². The summed E-state index contributed by atoms with van der Waals surface area (Å²) in [4.78, 5) is 30.2. The van der Waals surface area contributed by atoms with Gasteiger partial charge in [-0.25, -0.2) is 0 Å². The van der Waals surface area contributed by atoms with Gasteiger partial charge < -0.3 is 10.2 Å². The first-order chi connectivity index (χ1) is 16.8. The second-order valence-electron chi connectivity index (χ2n) is 9.31. The number of benzene rings is 2. The molecule has 5 rings (SSSR count). The molecule has 0 saturated heterocycles. The Balaban J connectivity index is 1.49. The Hall–Kier alpha value is -3.71. The van der Waals surface area contributed by atoms with Gasteiger partial charge in [0.15, 0.2) is 0 Å². The second-order valence-corrected chi connectivity index (χ2v) is 10.3. The number of aryl methyl sites for hydroxylation is 2. The number of thiophene rings is 1. The van der Waals surface area contributed by atoms with Crippen LogP contribution in [0, 0.1) is 13.8 Å². The van der Waals surface area contributed by atoms with Gasteiger partial charge in [-0.2, -0.15) is 5.10 Å². The molecule has 1 N–H and O–H groups in total. The van der Waals surface area contributed by atoms with E-state index in [-0.39, 0.29) is 18.4 Å². The highest BCUT2D eigenvalue weighted by Crippen LogP contribution is 2.33. The molecule has 2 aromatic heterocycles. The van der Waals surface area contributed by atoms with Crippen LogP contribution in [0.15, 0.2) is 72.1 Å². The maximum absolute atomic E-state index is 13.8. The molecule has 35 heavy (non-hydrogen) atoms. The second kappa shape index (κ2) is 9.15. The minimum absolute atomic E-state index is 0.192. The highest BCUT2D eigenvalue weighted by Gasteiger charge is 2.48. The average molecular weight is 485 g/mol. The smallest absolute Gasteiger partial charge is 0.273 e. The largest absolute Gasteiger partial charge is 0.350 e. The van der Waals surface area contributed by atoms with E-state index in [1.54, 1.807) is 20.9 Å². The Labute approximate surface area is 209 Å². The van der Waals surface area contributed by atoms with Gasteiger partial charge in [-0.15, -0.1) is 11.3 Å². The summed E-state index contributed by atoms with van der Waals surface area (Å²) in [5.41, 5.74) is 4.44. The summed E-state index contributed by atoms with van der Waals surface area (Å²) in [6.07, 6.45) is 0. The molecule has 3 heterocycles. The van der Waals surface area contributed by atoms with E-state index < -0.39 is 5.54 Å². The Kier molecular flexibility index (Phi) is 6.03. The number of amides is 2. The van der Waals surface area contributed by atoms with Crippen molar-refractivity contribution >= 4 is 23.2 Å². The van der Waals surface area contributed by atoms with Gasteiger partial charge in [0.05, 0.1) is 11.4 Å². The lowest BCUT2D eigenvalue weighted by atomic mass is 9.93. The van der Waals surface area contributed by atoms with Crippen molar-refractivity contribution in [1.29, 1.82) is 0 Å². The first kappa shape index (κ1) is 23.1. The maximum atomic E-state index is 13.8. The molecule has 7 heteroatoms. The fraction of sp³-hybridized carbons (Fsp3) is 0.250. The van der Waals surface area contributed by atoms with E-state index in [0.717, 1.165) is 27.3 Å². The zero-order valence-electron chi connectivity index (χ0n) is 20.1. The van der Waals surface area contributed by atoms with Gasteiger partial charge in [0.2, 0.25) is 5.91 Å². The molecule has 178 valence electrons. The first-order valence-corrected chi connectivity index (χ1v) is 12.6. The minimum atomic E-state index is -1.10. The van der Waals surface area contributed by atoms with Crippen molar-refractivity contribution in [1.82, 2.24) is 20.0 Å². The molecule has 4 aromatic rings. The number of carbonyl (C=O) groups is 2. The highest BCUT2D eigenvalue weighted by atomic mass is 32.1. The maximum Gasteiger partial charge on any atom is 0.273 e. The van der Waals surface area contributed by atoms with E-state index in [1.165, 1.54) is 5.56 Å². The topological polar surface area (TPSA) is 67.2 Å². The predicted octanol–water partition coefficient (Wildman–Crippen LogP) is 4.96. The van der Waals surface area contributed by atoms with Crippen molar-refractivity contribution in [2.45, 2.75) is 45.9 Å². The predicted molar refractivity (Wildman–Crippen MR) is 138 cm³/mol. The van der Waals surface area contributed by atoms with Gasteiger partial charge in [0.25, 0.3) is 5.91 Å². The number of hydrogen-bond acceptors (Lipinski definition) is 4. The molecule has 2 amide bonds. The van der Waals surface area contributed by atoms with Gasteiger partial charge >= 0.3 is 0 Å². The summed E-state index contributed by atoms with van der Waals surface area (Å²) in [5, 5.41) is 9.77. The number of nitrogens with zero attached hydrogens (tertiary/aromatic N) is 3. The molecular formula is C28H28N4O2S. The van der Waals surface area contributed by atoms with Crippen LogP contribution in [0.2, 0.25) is 0 Å². The Morgan fingerprint density at radius 3 is 2.57 bits per heavy atom. The van der Waals surface area contributed by atoms with E-state index in [2.05, 4.69) is 5.32 Å². The Morgan fingerprint density at radius 1 is 1.09 bits per heavy atom. The molecule has 0 bridgehead atoms. The van der Waals surface area contributed by atoms with Gasteiger partial charge in [-0.05, 0) is 55.0 Å². The molecule has 0 spiro atoms. The van der Waals surface area contributed by atoms with E-state index in [0.29, 0.717) is 18.8 Å². The fourth-order valence-corrected chi connectivity index (χ4v) is 5.15. The third-order valence-electron chi connectivity index (χ3n) is 6.72. The molecule has 0 radical (unpaired) electrons. The standard InChI is InChI=1S/C28H28N4O2S/c1-19-10-12-21(13-11-19)16-29-27(34)28(3)18-32-24(15-23(30-32)25-9-6-14-35-25)26(33)31(28)17-22-8-5-4-7-20(22)2/h4-15H,16-18H2,1-3H3,(H,29,34)/t28-/m0/s1. The molecule has 0 aliphatic carbocycles. The zero-order valence-corrected chi connectivity index (χ0v) is 20.9. The molecule has 0 fully saturated rings. The molecule has 0 saturated carbocycles. The summed E-state index contributed by atoms with van der Waals surface area (Å²) in [7, 11) is 0. The van der Waals surface area contributed by atoms with Gasteiger partial charge in [-0.3, -0.25) is 14.3 Å². The highest BCUT2D eigenvalue weighted by molar-refractivity contribution is 7.13. The molecule has 1 aliphatic heterocycles. The number of rotatable bonds is 6. The van der Waals surface area contributed by atoms with Crippen LogP contribution in [-0.4, -0.2) is 32.0 Å². The van der Waals surface area contributed by atoms with Crippen LogP contribution < -0.4 is 5.32 Å². The average Bonchev–Trinajstić information content (AvgIpc) is 3.52. The Bertz CT molecular complexity index is 1370. The van der Waals surface area contributed by atoms with E-state index in [4.69, 9.17) is 5.10 Å². The minimum Gasteiger partial charge on any atom is -0.350 e. The molecule has 0 unspecified atom stereocenters. The van der Waals surface area contributed by atoms with Crippen molar-refractivity contribution in [3.8, 4) is 10.6 Å². The van der Waals surface area contributed by atoms with Gasteiger partial charge in [0.1, 0.15) is 16.9 Å². The van der Waals surface area contributed by atoms with Crippen molar-refractivity contribution < 1.29 is 9.59 Å². The van der Waals surface area contributed by atoms with Crippen LogP contribution in [0.5, 0.6) is 0 Å². The molecule has 1 atom stereocenters. The normalized spacial score (nSPS) is 17.3. The van der Waals surface area contributed by atoms with Gasteiger partial charge in [-0.1, -0.05) is 60.2 Å².